The van der Waals surface area contributed by atoms with Crippen molar-refractivity contribution in [1.82, 2.24) is 5.32 Å². The van der Waals surface area contributed by atoms with E-state index in [1.807, 2.05) is 0 Å². The maximum absolute atomic E-state index is 11.8. The second kappa shape index (κ2) is 6.36. The molecule has 0 bridgehead atoms. The number of hydrogen-bond donors (Lipinski definition) is 2. The number of hydrogen-bond acceptors (Lipinski definition) is 4. The van der Waals surface area contributed by atoms with Crippen LogP contribution in [0, 0.1) is 0 Å². The van der Waals surface area contributed by atoms with Crippen LogP contribution in [-0.4, -0.2) is 38.3 Å². The van der Waals surface area contributed by atoms with Gasteiger partial charge in [-0.25, -0.2) is 8.42 Å². The Morgan fingerprint density at radius 2 is 2.11 bits per heavy atom. The largest absolute Gasteiger partial charge is 0.393 e. The van der Waals surface area contributed by atoms with E-state index >= 15 is 0 Å². The van der Waals surface area contributed by atoms with Crippen LogP contribution in [0.5, 0.6) is 0 Å². The van der Waals surface area contributed by atoms with Gasteiger partial charge in [-0.2, -0.15) is 0 Å². The predicted molar refractivity (Wildman–Crippen MR) is 73.2 cm³/mol. The topological polar surface area (TPSA) is 83.5 Å². The third kappa shape index (κ3) is 4.81. The first kappa shape index (κ1) is 15.9. The van der Waals surface area contributed by atoms with E-state index in [-0.39, 0.29) is 15.5 Å². The van der Waals surface area contributed by atoms with Crippen molar-refractivity contribution in [2.24, 2.45) is 0 Å². The number of sulfone groups is 1. The normalized spacial score (nSPS) is 13.1. The fraction of sp³-hybridized carbons (Fsp3) is 0.417. The molecule has 0 radical (unpaired) electrons. The fourth-order valence-corrected chi connectivity index (χ4v) is 2.73. The van der Waals surface area contributed by atoms with Gasteiger partial charge in [0.1, 0.15) is 0 Å². The molecular formula is C12H16ClNO4S. The summed E-state index contributed by atoms with van der Waals surface area (Å²) in [4.78, 5) is 11.7. The molecule has 106 valence electrons. The second-order valence-corrected chi connectivity index (χ2v) is 6.70. The van der Waals surface area contributed by atoms with Crippen LogP contribution >= 0.6 is 11.6 Å². The first-order chi connectivity index (χ1) is 8.71. The SMILES string of the molecule is CC(O)CCNC(=O)c1ccc(Cl)c(S(C)(=O)=O)c1. The number of halogens is 1. The molecular weight excluding hydrogens is 290 g/mol. The third-order valence-corrected chi connectivity index (χ3v) is 4.02. The summed E-state index contributed by atoms with van der Waals surface area (Å²) in [5.74, 6) is -0.401. The molecule has 0 saturated heterocycles. The van der Waals surface area contributed by atoms with Crippen LogP contribution in [0.4, 0.5) is 0 Å². The smallest absolute Gasteiger partial charge is 0.251 e. The minimum atomic E-state index is -3.48. The highest BCUT2D eigenvalue weighted by molar-refractivity contribution is 7.90. The van der Waals surface area contributed by atoms with Gasteiger partial charge < -0.3 is 10.4 Å². The number of carbonyl (C=O) groups is 1. The van der Waals surface area contributed by atoms with Crippen molar-refractivity contribution in [2.75, 3.05) is 12.8 Å². The number of benzene rings is 1. The van der Waals surface area contributed by atoms with Gasteiger partial charge >= 0.3 is 0 Å². The van der Waals surface area contributed by atoms with E-state index in [9.17, 15) is 13.2 Å². The van der Waals surface area contributed by atoms with Crippen molar-refractivity contribution in [3.63, 3.8) is 0 Å². The number of amides is 1. The van der Waals surface area contributed by atoms with Crippen molar-refractivity contribution in [3.05, 3.63) is 28.8 Å². The number of aliphatic hydroxyl groups excluding tert-OH is 1. The Hall–Kier alpha value is -1.11. The zero-order chi connectivity index (χ0) is 14.6. The van der Waals surface area contributed by atoms with Gasteiger partial charge in [0, 0.05) is 18.4 Å². The monoisotopic (exact) mass is 305 g/mol. The Balaban J connectivity index is 2.88. The molecule has 2 N–H and O–H groups in total. The number of aliphatic hydroxyl groups is 1. The van der Waals surface area contributed by atoms with Crippen LogP contribution in [0.25, 0.3) is 0 Å². The summed E-state index contributed by atoms with van der Waals surface area (Å²) in [6.45, 7) is 1.93. The van der Waals surface area contributed by atoms with Gasteiger partial charge in [0.2, 0.25) is 0 Å². The molecule has 1 unspecified atom stereocenters. The Kier molecular flexibility index (Phi) is 5.34. The average molecular weight is 306 g/mol. The second-order valence-electron chi connectivity index (χ2n) is 4.31. The zero-order valence-electron chi connectivity index (χ0n) is 10.7. The first-order valence-electron chi connectivity index (χ1n) is 5.67. The molecule has 1 rings (SSSR count). The first-order valence-corrected chi connectivity index (χ1v) is 7.94. The molecule has 1 atom stereocenters. The van der Waals surface area contributed by atoms with E-state index in [2.05, 4.69) is 5.32 Å². The maximum atomic E-state index is 11.8. The van der Waals surface area contributed by atoms with E-state index < -0.39 is 21.8 Å². The average Bonchev–Trinajstić information content (AvgIpc) is 2.27. The van der Waals surface area contributed by atoms with Gasteiger partial charge in [-0.15, -0.1) is 0 Å². The highest BCUT2D eigenvalue weighted by atomic mass is 35.5. The standard InChI is InChI=1S/C12H16ClNO4S/c1-8(15)5-6-14-12(16)9-3-4-10(13)11(7-9)19(2,17)18/h3-4,7-8,15H,5-6H2,1-2H3,(H,14,16). The minimum Gasteiger partial charge on any atom is -0.393 e. The van der Waals surface area contributed by atoms with Crippen molar-refractivity contribution < 1.29 is 18.3 Å². The lowest BCUT2D eigenvalue weighted by Gasteiger charge is -2.08. The van der Waals surface area contributed by atoms with Gasteiger partial charge in [-0.1, -0.05) is 11.6 Å². The van der Waals surface area contributed by atoms with E-state index in [1.165, 1.54) is 18.2 Å². The van der Waals surface area contributed by atoms with Gasteiger partial charge in [-0.05, 0) is 31.5 Å². The van der Waals surface area contributed by atoms with E-state index in [0.717, 1.165) is 6.26 Å². The van der Waals surface area contributed by atoms with Crippen molar-refractivity contribution in [3.8, 4) is 0 Å². The highest BCUT2D eigenvalue weighted by Gasteiger charge is 2.15. The number of carbonyl (C=O) groups excluding carboxylic acids is 1. The number of nitrogens with one attached hydrogen (secondary N) is 1. The van der Waals surface area contributed by atoms with Gasteiger partial charge in [-0.3, -0.25) is 4.79 Å². The molecule has 0 spiro atoms. The lowest BCUT2D eigenvalue weighted by Crippen LogP contribution is -2.26. The van der Waals surface area contributed by atoms with E-state index in [4.69, 9.17) is 16.7 Å². The van der Waals surface area contributed by atoms with E-state index in [0.29, 0.717) is 13.0 Å². The molecule has 1 aromatic carbocycles. The highest BCUT2D eigenvalue weighted by Crippen LogP contribution is 2.22. The molecule has 0 saturated carbocycles. The summed E-state index contributed by atoms with van der Waals surface area (Å²) in [5, 5.41) is 11.8. The molecule has 1 amide bonds. The van der Waals surface area contributed by atoms with Gasteiger partial charge in [0.15, 0.2) is 9.84 Å². The molecule has 5 nitrogen and oxygen atoms in total. The van der Waals surface area contributed by atoms with Crippen LogP contribution < -0.4 is 5.32 Å². The fourth-order valence-electron chi connectivity index (χ4n) is 1.43. The minimum absolute atomic E-state index is 0.0719. The molecule has 1 aromatic rings. The summed E-state index contributed by atoms with van der Waals surface area (Å²) in [7, 11) is -3.48. The molecule has 0 fully saturated rings. The summed E-state index contributed by atoms with van der Waals surface area (Å²) in [6.07, 6.45) is 0.957. The van der Waals surface area contributed by atoms with Crippen LogP contribution in [0.2, 0.25) is 5.02 Å². The van der Waals surface area contributed by atoms with Crippen molar-refractivity contribution in [2.45, 2.75) is 24.3 Å². The number of rotatable bonds is 5. The maximum Gasteiger partial charge on any atom is 0.251 e. The molecule has 0 aliphatic rings. The van der Waals surface area contributed by atoms with Crippen LogP contribution in [0.15, 0.2) is 23.1 Å². The Labute approximate surface area is 117 Å². The molecule has 19 heavy (non-hydrogen) atoms. The van der Waals surface area contributed by atoms with Gasteiger partial charge in [0.25, 0.3) is 5.91 Å². The lowest BCUT2D eigenvalue weighted by molar-refractivity contribution is 0.0945. The molecule has 7 heteroatoms. The Bertz CT molecular complexity index is 569. The molecule has 0 aromatic heterocycles. The third-order valence-electron chi connectivity index (χ3n) is 2.44. The quantitative estimate of drug-likeness (QED) is 0.857. The summed E-state index contributed by atoms with van der Waals surface area (Å²) >= 11 is 5.79. The summed E-state index contributed by atoms with van der Waals surface area (Å²) < 4.78 is 23.0. The molecule has 0 heterocycles. The van der Waals surface area contributed by atoms with E-state index in [1.54, 1.807) is 6.92 Å². The Morgan fingerprint density at radius 3 is 2.63 bits per heavy atom. The lowest BCUT2D eigenvalue weighted by atomic mass is 10.2. The zero-order valence-corrected chi connectivity index (χ0v) is 12.3. The predicted octanol–water partition coefficient (Wildman–Crippen LogP) is 1.24. The summed E-state index contributed by atoms with van der Waals surface area (Å²) in [5.41, 5.74) is 0.218. The Morgan fingerprint density at radius 1 is 1.47 bits per heavy atom. The van der Waals surface area contributed by atoms with Crippen LogP contribution in [0.1, 0.15) is 23.7 Å². The van der Waals surface area contributed by atoms with Crippen LogP contribution in [0.3, 0.4) is 0 Å². The van der Waals surface area contributed by atoms with Crippen molar-refractivity contribution >= 4 is 27.3 Å². The molecule has 0 aliphatic heterocycles. The van der Waals surface area contributed by atoms with Crippen LogP contribution in [-0.2, 0) is 9.84 Å². The van der Waals surface area contributed by atoms with Crippen molar-refractivity contribution in [1.29, 1.82) is 0 Å². The molecule has 0 aliphatic carbocycles. The summed E-state index contributed by atoms with van der Waals surface area (Å²) in [6, 6.07) is 4.08. The van der Waals surface area contributed by atoms with Gasteiger partial charge in [0.05, 0.1) is 16.0 Å².